The fourth-order valence-electron chi connectivity index (χ4n) is 4.26. The zero-order valence-electron chi connectivity index (χ0n) is 20.2. The zero-order valence-corrected chi connectivity index (χ0v) is 21.1. The summed E-state index contributed by atoms with van der Waals surface area (Å²) >= 11 is 1.27. The molecular formula is C25H32N6O3S. The minimum atomic E-state index is -0.292. The van der Waals surface area contributed by atoms with Gasteiger partial charge in [-0.15, -0.1) is 0 Å². The number of nitrogens with zero attached hydrogens (tertiary/aromatic N) is 4. The Balaban J connectivity index is 1.43. The molecule has 35 heavy (non-hydrogen) atoms. The average Bonchev–Trinajstić information content (AvgIpc) is 3.31. The van der Waals surface area contributed by atoms with Crippen LogP contribution in [0.25, 0.3) is 10.3 Å². The van der Waals surface area contributed by atoms with Gasteiger partial charge < -0.3 is 15.5 Å². The van der Waals surface area contributed by atoms with Crippen LogP contribution in [-0.4, -0.2) is 46.0 Å². The molecule has 1 aromatic carbocycles. The van der Waals surface area contributed by atoms with Crippen LogP contribution in [0.15, 0.2) is 35.4 Å². The van der Waals surface area contributed by atoms with Crippen molar-refractivity contribution in [1.82, 2.24) is 19.9 Å². The molecule has 186 valence electrons. The lowest BCUT2D eigenvalue weighted by Gasteiger charge is -2.31. The molecule has 0 saturated carbocycles. The number of carbonyl (C=O) groups is 2. The van der Waals surface area contributed by atoms with E-state index in [0.29, 0.717) is 34.3 Å². The first-order valence-electron chi connectivity index (χ1n) is 12.3. The lowest BCUT2D eigenvalue weighted by molar-refractivity contribution is -0.125. The molecule has 3 heterocycles. The number of hydrogen-bond acceptors (Lipinski definition) is 7. The fourth-order valence-corrected chi connectivity index (χ4v) is 5.26. The molecule has 0 radical (unpaired) electrons. The molecule has 1 atom stereocenters. The number of amides is 2. The third kappa shape index (κ3) is 6.05. The van der Waals surface area contributed by atoms with Crippen LogP contribution in [-0.2, 0) is 22.6 Å². The maximum Gasteiger partial charge on any atom is 0.273 e. The largest absolute Gasteiger partial charge is 0.356 e. The SMILES string of the molecule is CCCCc1ccc(NC(=O)Cn2cnc3nc(N4CCCC(C(=O)NCC)C4)sc3c2=O)cc1. The standard InChI is InChI=1S/C25H32N6O3S/c1-3-5-7-17-9-11-19(12-10-17)28-20(32)15-31-16-27-22-21(24(31)34)35-25(29-22)30-13-6-8-18(14-30)23(33)26-4-2/h9-12,16,18H,3-8,13-15H2,1-2H3,(H,26,33)(H,28,32). The number of carbonyl (C=O) groups excluding carboxylic acids is 2. The molecule has 9 nitrogen and oxygen atoms in total. The van der Waals surface area contributed by atoms with E-state index in [9.17, 15) is 14.4 Å². The molecule has 1 aliphatic heterocycles. The zero-order chi connectivity index (χ0) is 24.8. The van der Waals surface area contributed by atoms with E-state index in [0.717, 1.165) is 38.6 Å². The number of thiazole rings is 1. The van der Waals surface area contributed by atoms with Crippen molar-refractivity contribution in [2.45, 2.75) is 52.5 Å². The monoisotopic (exact) mass is 496 g/mol. The Hall–Kier alpha value is -3.27. The van der Waals surface area contributed by atoms with Crippen LogP contribution < -0.4 is 21.1 Å². The molecule has 3 aromatic rings. The summed E-state index contributed by atoms with van der Waals surface area (Å²) in [6.07, 6.45) is 6.39. The Morgan fingerprint density at radius 2 is 2.00 bits per heavy atom. The van der Waals surface area contributed by atoms with E-state index in [2.05, 4.69) is 32.4 Å². The first-order chi connectivity index (χ1) is 17.0. The van der Waals surface area contributed by atoms with Gasteiger partial charge >= 0.3 is 0 Å². The second-order valence-electron chi connectivity index (χ2n) is 8.86. The van der Waals surface area contributed by atoms with E-state index in [-0.39, 0.29) is 29.8 Å². The summed E-state index contributed by atoms with van der Waals surface area (Å²) in [5.74, 6) is -0.328. The van der Waals surface area contributed by atoms with Crippen LogP contribution in [0.4, 0.5) is 10.8 Å². The number of hydrogen-bond donors (Lipinski definition) is 2. The topological polar surface area (TPSA) is 109 Å². The summed E-state index contributed by atoms with van der Waals surface area (Å²) in [5, 5.41) is 6.42. The highest BCUT2D eigenvalue weighted by Gasteiger charge is 2.27. The summed E-state index contributed by atoms with van der Waals surface area (Å²) in [6, 6.07) is 7.80. The maximum absolute atomic E-state index is 13.0. The van der Waals surface area contributed by atoms with Crippen molar-refractivity contribution in [3.05, 3.63) is 46.5 Å². The van der Waals surface area contributed by atoms with Crippen LogP contribution in [0.2, 0.25) is 0 Å². The summed E-state index contributed by atoms with van der Waals surface area (Å²) in [7, 11) is 0. The molecule has 2 amide bonds. The second kappa shape index (κ2) is 11.4. The molecule has 1 unspecified atom stereocenters. The average molecular weight is 497 g/mol. The van der Waals surface area contributed by atoms with Crippen LogP contribution in [0.5, 0.6) is 0 Å². The molecule has 0 spiro atoms. The smallest absolute Gasteiger partial charge is 0.273 e. The van der Waals surface area contributed by atoms with Gasteiger partial charge in [0.05, 0.1) is 5.92 Å². The highest BCUT2D eigenvalue weighted by molar-refractivity contribution is 7.22. The summed E-state index contributed by atoms with van der Waals surface area (Å²) in [6.45, 7) is 5.90. The quantitative estimate of drug-likeness (QED) is 0.471. The normalized spacial score (nSPS) is 15.8. The van der Waals surface area contributed by atoms with Crippen molar-refractivity contribution in [3.8, 4) is 0 Å². The van der Waals surface area contributed by atoms with E-state index in [1.807, 2.05) is 31.2 Å². The van der Waals surface area contributed by atoms with Crippen molar-refractivity contribution in [2.75, 3.05) is 29.9 Å². The minimum Gasteiger partial charge on any atom is -0.356 e. The molecule has 2 N–H and O–H groups in total. The Bertz CT molecular complexity index is 1240. The Morgan fingerprint density at radius 1 is 1.20 bits per heavy atom. The third-order valence-electron chi connectivity index (χ3n) is 6.16. The van der Waals surface area contributed by atoms with Gasteiger partial charge in [0, 0.05) is 25.3 Å². The molecule has 1 fully saturated rings. The molecule has 2 aromatic heterocycles. The number of anilines is 2. The number of fused-ring (bicyclic) bond motifs is 1. The third-order valence-corrected chi connectivity index (χ3v) is 7.25. The molecule has 0 bridgehead atoms. The van der Waals surface area contributed by atoms with E-state index < -0.39 is 0 Å². The van der Waals surface area contributed by atoms with Gasteiger partial charge in [-0.1, -0.05) is 36.8 Å². The molecule has 10 heteroatoms. The predicted octanol–water partition coefficient (Wildman–Crippen LogP) is 3.19. The van der Waals surface area contributed by atoms with Crippen LogP contribution in [0.3, 0.4) is 0 Å². The molecule has 1 saturated heterocycles. The van der Waals surface area contributed by atoms with Gasteiger partial charge in [0.1, 0.15) is 17.6 Å². The van der Waals surface area contributed by atoms with Gasteiger partial charge in [-0.25, -0.2) is 4.98 Å². The van der Waals surface area contributed by atoms with Crippen molar-refractivity contribution < 1.29 is 9.59 Å². The number of aryl methyl sites for hydroxylation is 1. The Kier molecular flexibility index (Phi) is 8.12. The molecule has 0 aliphatic carbocycles. The van der Waals surface area contributed by atoms with Crippen molar-refractivity contribution in [3.63, 3.8) is 0 Å². The molecule has 4 rings (SSSR count). The van der Waals surface area contributed by atoms with E-state index in [1.165, 1.54) is 27.8 Å². The fraction of sp³-hybridized carbons (Fsp3) is 0.480. The highest BCUT2D eigenvalue weighted by Crippen LogP contribution is 2.29. The number of unbranched alkanes of at least 4 members (excludes halogenated alkanes) is 1. The van der Waals surface area contributed by atoms with Crippen LogP contribution in [0.1, 0.15) is 45.1 Å². The first kappa shape index (κ1) is 24.8. The summed E-state index contributed by atoms with van der Waals surface area (Å²) < 4.78 is 1.72. The summed E-state index contributed by atoms with van der Waals surface area (Å²) in [4.78, 5) is 48.8. The van der Waals surface area contributed by atoms with Crippen molar-refractivity contribution >= 4 is 44.3 Å². The molecule has 1 aliphatic rings. The predicted molar refractivity (Wildman–Crippen MR) is 139 cm³/mol. The summed E-state index contributed by atoms with van der Waals surface area (Å²) in [5.41, 5.74) is 2.02. The Morgan fingerprint density at radius 3 is 2.74 bits per heavy atom. The number of benzene rings is 1. The van der Waals surface area contributed by atoms with Crippen molar-refractivity contribution in [1.29, 1.82) is 0 Å². The first-order valence-corrected chi connectivity index (χ1v) is 13.1. The highest BCUT2D eigenvalue weighted by atomic mass is 32.1. The Labute approximate surface area is 208 Å². The van der Waals surface area contributed by atoms with Gasteiger partial charge in [-0.2, -0.15) is 4.98 Å². The van der Waals surface area contributed by atoms with Gasteiger partial charge in [0.25, 0.3) is 5.56 Å². The van der Waals surface area contributed by atoms with Crippen molar-refractivity contribution in [2.24, 2.45) is 5.92 Å². The number of piperidine rings is 1. The van der Waals surface area contributed by atoms with E-state index in [4.69, 9.17) is 0 Å². The van der Waals surface area contributed by atoms with Gasteiger partial charge in [-0.05, 0) is 50.3 Å². The number of nitrogens with one attached hydrogen (secondary N) is 2. The molecular weight excluding hydrogens is 464 g/mol. The van der Waals surface area contributed by atoms with E-state index >= 15 is 0 Å². The van der Waals surface area contributed by atoms with Crippen LogP contribution in [0, 0.1) is 5.92 Å². The van der Waals surface area contributed by atoms with E-state index in [1.54, 1.807) is 0 Å². The van der Waals surface area contributed by atoms with Gasteiger partial charge in [0.15, 0.2) is 10.8 Å². The van der Waals surface area contributed by atoms with Gasteiger partial charge in [0.2, 0.25) is 11.8 Å². The number of rotatable bonds is 9. The minimum absolute atomic E-state index is 0.0559. The maximum atomic E-state index is 13.0. The number of aromatic nitrogens is 3. The van der Waals surface area contributed by atoms with Crippen LogP contribution >= 0.6 is 11.3 Å². The lowest BCUT2D eigenvalue weighted by atomic mass is 9.97. The van der Waals surface area contributed by atoms with Gasteiger partial charge in [-0.3, -0.25) is 19.0 Å². The lowest BCUT2D eigenvalue weighted by Crippen LogP contribution is -2.43. The second-order valence-corrected chi connectivity index (χ2v) is 9.83.